The first-order valence-electron chi connectivity index (χ1n) is 8.83. The highest BCUT2D eigenvalue weighted by Crippen LogP contribution is 2.19. The van der Waals surface area contributed by atoms with Crippen molar-refractivity contribution in [3.05, 3.63) is 102 Å². The van der Waals surface area contributed by atoms with Gasteiger partial charge in [0.15, 0.2) is 11.6 Å². The molecule has 144 valence electrons. The van der Waals surface area contributed by atoms with Crippen LogP contribution in [0.15, 0.2) is 78.9 Å². The van der Waals surface area contributed by atoms with Gasteiger partial charge in [-0.25, -0.2) is 13.6 Å². The van der Waals surface area contributed by atoms with Crippen molar-refractivity contribution in [2.75, 3.05) is 6.61 Å². The first-order valence-corrected chi connectivity index (χ1v) is 8.83. The molecule has 0 unspecified atom stereocenters. The minimum atomic E-state index is -0.513. The average molecular weight is 382 g/mol. The number of urea groups is 1. The molecule has 0 bridgehead atoms. The highest BCUT2D eigenvalue weighted by atomic mass is 19.1. The van der Waals surface area contributed by atoms with Gasteiger partial charge in [-0.15, -0.1) is 0 Å². The number of benzene rings is 3. The number of hydrogen-bond acceptors (Lipinski definition) is 2. The summed E-state index contributed by atoms with van der Waals surface area (Å²) in [4.78, 5) is 12.3. The van der Waals surface area contributed by atoms with Gasteiger partial charge in [0.2, 0.25) is 0 Å². The van der Waals surface area contributed by atoms with Gasteiger partial charge in [-0.2, -0.15) is 0 Å². The third-order valence-electron chi connectivity index (χ3n) is 4.15. The SMILES string of the molecule is O=C(NCc1ccccc1F)N[C@H](COc1ccccc1F)c1ccccc1. The van der Waals surface area contributed by atoms with Crippen molar-refractivity contribution in [3.63, 3.8) is 0 Å². The van der Waals surface area contributed by atoms with Gasteiger partial charge in [0.1, 0.15) is 12.4 Å². The Morgan fingerprint density at radius 1 is 0.857 bits per heavy atom. The van der Waals surface area contributed by atoms with Crippen LogP contribution in [-0.4, -0.2) is 12.6 Å². The number of para-hydroxylation sites is 1. The Morgan fingerprint density at radius 2 is 1.50 bits per heavy atom. The number of nitrogens with one attached hydrogen (secondary N) is 2. The Balaban J connectivity index is 1.64. The van der Waals surface area contributed by atoms with Crippen LogP contribution in [0.1, 0.15) is 17.2 Å². The van der Waals surface area contributed by atoms with Crippen LogP contribution >= 0.6 is 0 Å². The van der Waals surface area contributed by atoms with E-state index in [1.807, 2.05) is 30.3 Å². The summed E-state index contributed by atoms with van der Waals surface area (Å²) in [5.41, 5.74) is 1.19. The summed E-state index contributed by atoms with van der Waals surface area (Å²) in [5, 5.41) is 5.42. The molecule has 1 atom stereocenters. The van der Waals surface area contributed by atoms with E-state index in [1.165, 1.54) is 18.2 Å². The molecule has 28 heavy (non-hydrogen) atoms. The van der Waals surface area contributed by atoms with Gasteiger partial charge < -0.3 is 15.4 Å². The third-order valence-corrected chi connectivity index (χ3v) is 4.15. The molecular weight excluding hydrogens is 362 g/mol. The predicted molar refractivity (Wildman–Crippen MR) is 103 cm³/mol. The smallest absolute Gasteiger partial charge is 0.315 e. The van der Waals surface area contributed by atoms with E-state index in [1.54, 1.807) is 30.3 Å². The number of rotatable bonds is 7. The summed E-state index contributed by atoms with van der Waals surface area (Å²) >= 11 is 0. The molecular formula is C22H20F2N2O2. The van der Waals surface area contributed by atoms with E-state index in [4.69, 9.17) is 4.74 Å². The molecule has 0 aliphatic carbocycles. The third kappa shape index (κ3) is 5.30. The second kappa shape index (κ2) is 9.50. The molecule has 3 aromatic rings. The molecule has 3 aromatic carbocycles. The first-order chi connectivity index (χ1) is 13.6. The van der Waals surface area contributed by atoms with Gasteiger partial charge >= 0.3 is 6.03 Å². The van der Waals surface area contributed by atoms with Crippen LogP contribution in [-0.2, 0) is 6.54 Å². The number of amides is 2. The monoisotopic (exact) mass is 382 g/mol. The minimum absolute atomic E-state index is 0.0397. The lowest BCUT2D eigenvalue weighted by atomic mass is 10.1. The van der Waals surface area contributed by atoms with Crippen molar-refractivity contribution in [3.8, 4) is 5.75 Å². The molecule has 2 amide bonds. The molecule has 0 aromatic heterocycles. The van der Waals surface area contributed by atoms with E-state index >= 15 is 0 Å². The van der Waals surface area contributed by atoms with Crippen molar-refractivity contribution in [2.45, 2.75) is 12.6 Å². The zero-order valence-corrected chi connectivity index (χ0v) is 15.1. The number of halogens is 2. The number of carbonyl (C=O) groups excluding carboxylic acids is 1. The fourth-order valence-electron chi connectivity index (χ4n) is 2.67. The van der Waals surface area contributed by atoms with Crippen LogP contribution in [0.4, 0.5) is 13.6 Å². The lowest BCUT2D eigenvalue weighted by Gasteiger charge is -2.20. The van der Waals surface area contributed by atoms with Gasteiger partial charge in [0.25, 0.3) is 0 Å². The van der Waals surface area contributed by atoms with Crippen molar-refractivity contribution in [1.29, 1.82) is 0 Å². The van der Waals surface area contributed by atoms with E-state index in [-0.39, 0.29) is 24.7 Å². The largest absolute Gasteiger partial charge is 0.488 e. The fraction of sp³-hybridized carbons (Fsp3) is 0.136. The Morgan fingerprint density at radius 3 is 2.21 bits per heavy atom. The standard InChI is InChI=1S/C22H20F2N2O2/c23-18-11-5-4-10-17(18)14-25-22(27)26-20(16-8-2-1-3-9-16)15-28-21-13-7-6-12-19(21)24/h1-13,20H,14-15H2,(H2,25,26,27)/t20-/m1/s1. The summed E-state index contributed by atoms with van der Waals surface area (Å²) in [7, 11) is 0. The maximum Gasteiger partial charge on any atom is 0.315 e. The van der Waals surface area contributed by atoms with Crippen LogP contribution < -0.4 is 15.4 Å². The molecule has 0 fully saturated rings. The van der Waals surface area contributed by atoms with E-state index in [0.717, 1.165) is 5.56 Å². The Bertz CT molecular complexity index is 919. The molecule has 0 spiro atoms. The fourth-order valence-corrected chi connectivity index (χ4v) is 2.67. The summed E-state index contributed by atoms with van der Waals surface area (Å²) in [6, 6.07) is 20.5. The Kier molecular flexibility index (Phi) is 6.57. The van der Waals surface area contributed by atoms with Crippen molar-refractivity contribution in [1.82, 2.24) is 10.6 Å². The van der Waals surface area contributed by atoms with Gasteiger partial charge in [-0.05, 0) is 23.8 Å². The molecule has 6 heteroatoms. The highest BCUT2D eigenvalue weighted by Gasteiger charge is 2.16. The number of carbonyl (C=O) groups is 1. The van der Waals surface area contributed by atoms with Gasteiger partial charge in [0, 0.05) is 12.1 Å². The maximum atomic E-state index is 13.8. The van der Waals surface area contributed by atoms with E-state index < -0.39 is 17.9 Å². The van der Waals surface area contributed by atoms with Gasteiger partial charge in [-0.3, -0.25) is 0 Å². The van der Waals surface area contributed by atoms with E-state index in [2.05, 4.69) is 10.6 Å². The topological polar surface area (TPSA) is 50.4 Å². The molecule has 0 saturated heterocycles. The maximum absolute atomic E-state index is 13.8. The van der Waals surface area contributed by atoms with E-state index in [9.17, 15) is 13.6 Å². The lowest BCUT2D eigenvalue weighted by Crippen LogP contribution is -2.39. The molecule has 0 aliphatic rings. The normalized spacial score (nSPS) is 11.5. The Hall–Kier alpha value is -3.41. The molecule has 2 N–H and O–H groups in total. The summed E-state index contributed by atoms with van der Waals surface area (Å²) in [5.74, 6) is -0.749. The van der Waals surface area contributed by atoms with Crippen LogP contribution in [0.25, 0.3) is 0 Å². The first kappa shape index (κ1) is 19.4. The zero-order valence-electron chi connectivity index (χ0n) is 15.1. The second-order valence-electron chi connectivity index (χ2n) is 6.12. The average Bonchev–Trinajstić information content (AvgIpc) is 2.72. The van der Waals surface area contributed by atoms with Crippen molar-refractivity contribution < 1.29 is 18.3 Å². The molecule has 0 radical (unpaired) electrons. The molecule has 0 aliphatic heterocycles. The molecule has 4 nitrogen and oxygen atoms in total. The Labute approximate surface area is 162 Å². The zero-order chi connectivity index (χ0) is 19.8. The molecule has 0 saturated carbocycles. The number of hydrogen-bond donors (Lipinski definition) is 2. The summed E-state index contributed by atoms with van der Waals surface area (Å²) < 4.78 is 33.0. The van der Waals surface area contributed by atoms with Crippen molar-refractivity contribution in [2.24, 2.45) is 0 Å². The highest BCUT2D eigenvalue weighted by molar-refractivity contribution is 5.74. The van der Waals surface area contributed by atoms with Gasteiger partial charge in [0.05, 0.1) is 6.04 Å². The van der Waals surface area contributed by atoms with Crippen LogP contribution in [0.2, 0.25) is 0 Å². The quantitative estimate of drug-likeness (QED) is 0.628. The van der Waals surface area contributed by atoms with Crippen LogP contribution in [0.5, 0.6) is 5.75 Å². The second-order valence-corrected chi connectivity index (χ2v) is 6.12. The summed E-state index contributed by atoms with van der Waals surface area (Å²) in [6.45, 7) is 0.0895. The summed E-state index contributed by atoms with van der Waals surface area (Å²) in [6.07, 6.45) is 0. The van der Waals surface area contributed by atoms with Crippen LogP contribution in [0, 0.1) is 11.6 Å². The lowest BCUT2D eigenvalue weighted by molar-refractivity contribution is 0.221. The van der Waals surface area contributed by atoms with E-state index in [0.29, 0.717) is 5.56 Å². The predicted octanol–water partition coefficient (Wildman–Crippen LogP) is 4.58. The molecule has 0 heterocycles. The minimum Gasteiger partial charge on any atom is -0.488 e. The number of ether oxygens (including phenoxy) is 1. The van der Waals surface area contributed by atoms with Crippen molar-refractivity contribution >= 4 is 6.03 Å². The molecule has 3 rings (SSSR count). The van der Waals surface area contributed by atoms with Gasteiger partial charge in [-0.1, -0.05) is 60.7 Å². The van der Waals surface area contributed by atoms with Crippen LogP contribution in [0.3, 0.4) is 0 Å².